The van der Waals surface area contributed by atoms with Crippen LogP contribution in [0, 0.1) is 11.3 Å². The molecule has 4 nitrogen and oxygen atoms in total. The maximum atomic E-state index is 8.91. The zero-order valence-electron chi connectivity index (χ0n) is 8.29. The molecule has 0 radical (unpaired) electrons. The Bertz CT molecular complexity index is 190. The molecule has 0 amide bonds. The lowest BCUT2D eigenvalue weighted by molar-refractivity contribution is 0.0727. The summed E-state index contributed by atoms with van der Waals surface area (Å²) in [5, 5.41) is 12.1. The third-order valence-electron chi connectivity index (χ3n) is 2.41. The Morgan fingerprint density at radius 3 is 3.15 bits per heavy atom. The maximum Gasteiger partial charge on any atom is 0.111 e. The Labute approximate surface area is 79.5 Å². The third-order valence-corrected chi connectivity index (χ3v) is 2.41. The first-order valence-electron chi connectivity index (χ1n) is 4.64. The number of nitrogens with zero attached hydrogens (tertiary/aromatic N) is 2. The quantitative estimate of drug-likeness (QED) is 0.659. The lowest BCUT2D eigenvalue weighted by atomic mass is 10.1. The predicted octanol–water partition coefficient (Wildman–Crippen LogP) is -0.181. The Balaban J connectivity index is 2.49. The van der Waals surface area contributed by atoms with Crippen LogP contribution in [0.3, 0.4) is 0 Å². The molecular formula is C9H17N3O. The van der Waals surface area contributed by atoms with Crippen LogP contribution in [0.2, 0.25) is 0 Å². The highest BCUT2D eigenvalue weighted by Crippen LogP contribution is 2.07. The molecule has 1 fully saturated rings. The van der Waals surface area contributed by atoms with E-state index in [2.05, 4.69) is 23.2 Å². The normalized spacial score (nSPS) is 26.7. The van der Waals surface area contributed by atoms with Gasteiger partial charge in [-0.1, -0.05) is 0 Å². The van der Waals surface area contributed by atoms with Crippen molar-refractivity contribution in [2.45, 2.75) is 19.0 Å². The lowest BCUT2D eigenvalue weighted by Gasteiger charge is -2.36. The molecule has 0 aliphatic carbocycles. The van der Waals surface area contributed by atoms with Gasteiger partial charge in [-0.2, -0.15) is 5.26 Å². The molecular weight excluding hydrogens is 166 g/mol. The van der Waals surface area contributed by atoms with Crippen LogP contribution in [0.25, 0.3) is 0 Å². The maximum absolute atomic E-state index is 8.91. The standard InChI is InChI=1S/C9H17N3O/c1-8(7-13-2)12-4-3-11-6-9(12)5-10/h8-9,11H,3-4,6-7H2,1-2H3. The van der Waals surface area contributed by atoms with E-state index < -0.39 is 0 Å². The Morgan fingerprint density at radius 1 is 1.77 bits per heavy atom. The summed E-state index contributed by atoms with van der Waals surface area (Å²) >= 11 is 0. The van der Waals surface area contributed by atoms with Gasteiger partial charge in [0.15, 0.2) is 0 Å². The first kappa shape index (κ1) is 10.5. The van der Waals surface area contributed by atoms with Gasteiger partial charge in [0.25, 0.3) is 0 Å². The van der Waals surface area contributed by atoms with E-state index in [4.69, 9.17) is 10.00 Å². The summed E-state index contributed by atoms with van der Waals surface area (Å²) < 4.78 is 5.08. The minimum absolute atomic E-state index is 0.00102. The number of piperazine rings is 1. The highest BCUT2D eigenvalue weighted by Gasteiger charge is 2.25. The summed E-state index contributed by atoms with van der Waals surface area (Å²) in [6.07, 6.45) is 0. The van der Waals surface area contributed by atoms with Crippen molar-refractivity contribution in [1.82, 2.24) is 10.2 Å². The van der Waals surface area contributed by atoms with Crippen LogP contribution >= 0.6 is 0 Å². The van der Waals surface area contributed by atoms with Gasteiger partial charge in [-0.3, -0.25) is 4.90 Å². The molecule has 13 heavy (non-hydrogen) atoms. The third kappa shape index (κ3) is 2.66. The van der Waals surface area contributed by atoms with Gasteiger partial charge in [0.1, 0.15) is 6.04 Å². The van der Waals surface area contributed by atoms with Crippen LogP contribution in [0.1, 0.15) is 6.92 Å². The molecule has 0 aromatic heterocycles. The fourth-order valence-corrected chi connectivity index (χ4v) is 1.70. The van der Waals surface area contributed by atoms with Gasteiger partial charge in [-0.15, -0.1) is 0 Å². The van der Waals surface area contributed by atoms with Crippen LogP contribution in [0.15, 0.2) is 0 Å². The molecule has 1 aliphatic heterocycles. The molecule has 0 aromatic carbocycles. The summed E-state index contributed by atoms with van der Waals surface area (Å²) in [5.74, 6) is 0. The molecule has 0 aromatic rings. The van der Waals surface area contributed by atoms with Gasteiger partial charge < -0.3 is 10.1 Å². The van der Waals surface area contributed by atoms with Crippen molar-refractivity contribution >= 4 is 0 Å². The van der Waals surface area contributed by atoms with Crippen molar-refractivity contribution in [3.63, 3.8) is 0 Å². The van der Waals surface area contributed by atoms with E-state index in [1.807, 2.05) is 0 Å². The molecule has 1 heterocycles. The van der Waals surface area contributed by atoms with E-state index in [0.717, 1.165) is 19.6 Å². The summed E-state index contributed by atoms with van der Waals surface area (Å²) in [5.41, 5.74) is 0. The smallest absolute Gasteiger partial charge is 0.111 e. The first-order valence-corrected chi connectivity index (χ1v) is 4.64. The number of nitrogens with one attached hydrogen (secondary N) is 1. The monoisotopic (exact) mass is 183 g/mol. The summed E-state index contributed by atoms with van der Waals surface area (Å²) in [6.45, 7) is 5.46. The average Bonchev–Trinajstić information content (AvgIpc) is 2.18. The molecule has 0 saturated carbocycles. The van der Waals surface area contributed by atoms with Crippen molar-refractivity contribution in [3.05, 3.63) is 0 Å². The Kier molecular flexibility index (Phi) is 4.16. The van der Waals surface area contributed by atoms with Crippen LogP contribution in [-0.4, -0.2) is 50.3 Å². The van der Waals surface area contributed by atoms with E-state index in [9.17, 15) is 0 Å². The molecule has 1 N–H and O–H groups in total. The highest BCUT2D eigenvalue weighted by molar-refractivity contribution is 4.97. The van der Waals surface area contributed by atoms with Gasteiger partial charge in [-0.25, -0.2) is 0 Å². The average molecular weight is 183 g/mol. The molecule has 2 atom stereocenters. The number of nitriles is 1. The SMILES string of the molecule is COCC(C)N1CCNCC1C#N. The van der Waals surface area contributed by atoms with E-state index in [-0.39, 0.29) is 6.04 Å². The van der Waals surface area contributed by atoms with Crippen molar-refractivity contribution in [2.24, 2.45) is 0 Å². The van der Waals surface area contributed by atoms with Crippen molar-refractivity contribution in [2.75, 3.05) is 33.4 Å². The van der Waals surface area contributed by atoms with Gasteiger partial charge in [0.05, 0.1) is 12.7 Å². The minimum atomic E-state index is -0.00102. The van der Waals surface area contributed by atoms with Gasteiger partial charge in [0, 0.05) is 32.8 Å². The second-order valence-electron chi connectivity index (χ2n) is 3.39. The fourth-order valence-electron chi connectivity index (χ4n) is 1.70. The zero-order valence-corrected chi connectivity index (χ0v) is 8.29. The van der Waals surface area contributed by atoms with Crippen LogP contribution < -0.4 is 5.32 Å². The first-order chi connectivity index (χ1) is 6.29. The molecule has 0 spiro atoms. The van der Waals surface area contributed by atoms with E-state index in [1.54, 1.807) is 7.11 Å². The number of rotatable bonds is 3. The molecule has 1 rings (SSSR count). The van der Waals surface area contributed by atoms with Gasteiger partial charge in [0.2, 0.25) is 0 Å². The lowest BCUT2D eigenvalue weighted by Crippen LogP contribution is -2.54. The Morgan fingerprint density at radius 2 is 2.54 bits per heavy atom. The van der Waals surface area contributed by atoms with Gasteiger partial charge in [-0.05, 0) is 6.92 Å². The molecule has 1 saturated heterocycles. The largest absolute Gasteiger partial charge is 0.383 e. The number of hydrogen-bond donors (Lipinski definition) is 1. The molecule has 2 unspecified atom stereocenters. The van der Waals surface area contributed by atoms with Gasteiger partial charge >= 0.3 is 0 Å². The second kappa shape index (κ2) is 5.18. The summed E-state index contributed by atoms with van der Waals surface area (Å²) in [4.78, 5) is 2.19. The van der Waals surface area contributed by atoms with Crippen molar-refractivity contribution in [1.29, 1.82) is 5.26 Å². The van der Waals surface area contributed by atoms with Crippen LogP contribution in [0.5, 0.6) is 0 Å². The minimum Gasteiger partial charge on any atom is -0.383 e. The topological polar surface area (TPSA) is 48.3 Å². The van der Waals surface area contributed by atoms with E-state index in [0.29, 0.717) is 12.6 Å². The Hall–Kier alpha value is -0.630. The predicted molar refractivity (Wildman–Crippen MR) is 50.3 cm³/mol. The number of hydrogen-bond acceptors (Lipinski definition) is 4. The molecule has 0 bridgehead atoms. The summed E-state index contributed by atoms with van der Waals surface area (Å²) in [7, 11) is 1.69. The molecule has 74 valence electrons. The van der Waals surface area contributed by atoms with E-state index in [1.165, 1.54) is 0 Å². The molecule has 1 aliphatic rings. The molecule has 4 heteroatoms. The zero-order chi connectivity index (χ0) is 9.68. The van der Waals surface area contributed by atoms with Crippen molar-refractivity contribution < 1.29 is 4.74 Å². The number of ether oxygens (including phenoxy) is 1. The highest BCUT2D eigenvalue weighted by atomic mass is 16.5. The second-order valence-corrected chi connectivity index (χ2v) is 3.39. The summed E-state index contributed by atoms with van der Waals surface area (Å²) in [6, 6.07) is 2.63. The fraction of sp³-hybridized carbons (Fsp3) is 0.889. The van der Waals surface area contributed by atoms with Crippen molar-refractivity contribution in [3.8, 4) is 6.07 Å². The number of methoxy groups -OCH3 is 1. The van der Waals surface area contributed by atoms with Crippen LogP contribution in [0.4, 0.5) is 0 Å². The van der Waals surface area contributed by atoms with E-state index >= 15 is 0 Å². The van der Waals surface area contributed by atoms with Crippen LogP contribution in [-0.2, 0) is 4.74 Å².